The Bertz CT molecular complexity index is 200. The van der Waals surface area contributed by atoms with Crippen LogP contribution in [0.4, 0.5) is 0 Å². The molecule has 0 fully saturated rings. The highest BCUT2D eigenvalue weighted by atomic mass is 14.3. The van der Waals surface area contributed by atoms with Gasteiger partial charge in [0.05, 0.1) is 0 Å². The average Bonchev–Trinajstić information content (AvgIpc) is 2.18. The molecule has 1 rings (SSSR count). The highest BCUT2D eigenvalue weighted by molar-refractivity contribution is 5.17. The molecule has 0 heterocycles. The van der Waals surface area contributed by atoms with Crippen LogP contribution in [0.1, 0.15) is 66.2 Å². The molecule has 0 heteroatoms. The fraction of sp³-hybridized carbons (Fsp3) is 0.857. The van der Waals surface area contributed by atoms with Crippen molar-refractivity contribution in [3.8, 4) is 0 Å². The molecule has 0 saturated carbocycles. The Hall–Kier alpha value is -0.260. The third-order valence-corrected chi connectivity index (χ3v) is 4.01. The van der Waals surface area contributed by atoms with E-state index in [2.05, 4.69) is 27.7 Å². The lowest BCUT2D eigenvalue weighted by Crippen LogP contribution is -2.18. The van der Waals surface area contributed by atoms with Crippen molar-refractivity contribution in [2.24, 2.45) is 11.8 Å². The van der Waals surface area contributed by atoms with Crippen LogP contribution in [-0.4, -0.2) is 0 Å². The standard InChI is InChI=1S/C14H26/c1-5-6-7-8-14-12(3)10-9-11(2)13(14)4/h12,14H,5-10H2,1-4H3. The van der Waals surface area contributed by atoms with Crippen molar-refractivity contribution in [2.45, 2.75) is 66.2 Å². The van der Waals surface area contributed by atoms with Crippen molar-refractivity contribution in [3.05, 3.63) is 11.1 Å². The fourth-order valence-corrected chi connectivity index (χ4v) is 2.70. The minimum Gasteiger partial charge on any atom is -0.0741 e. The minimum absolute atomic E-state index is 0.898. The molecule has 2 unspecified atom stereocenters. The second kappa shape index (κ2) is 5.58. The van der Waals surface area contributed by atoms with Crippen LogP contribution in [-0.2, 0) is 0 Å². The molecule has 0 bridgehead atoms. The summed E-state index contributed by atoms with van der Waals surface area (Å²) < 4.78 is 0. The maximum Gasteiger partial charge on any atom is -0.0178 e. The van der Waals surface area contributed by atoms with Crippen LogP contribution in [0.2, 0.25) is 0 Å². The van der Waals surface area contributed by atoms with Crippen molar-refractivity contribution in [2.75, 3.05) is 0 Å². The van der Waals surface area contributed by atoms with E-state index in [0.29, 0.717) is 0 Å². The first-order chi connectivity index (χ1) is 6.66. The Morgan fingerprint density at radius 2 is 1.93 bits per heavy atom. The molecule has 0 radical (unpaired) electrons. The lowest BCUT2D eigenvalue weighted by molar-refractivity contribution is 0.330. The Morgan fingerprint density at radius 3 is 2.57 bits per heavy atom. The molecule has 0 nitrogen and oxygen atoms in total. The SMILES string of the molecule is CCCCCC1C(C)=C(C)CCC1C. The molecule has 14 heavy (non-hydrogen) atoms. The lowest BCUT2D eigenvalue weighted by atomic mass is 9.74. The zero-order valence-electron chi connectivity index (χ0n) is 10.4. The molecule has 1 aliphatic carbocycles. The van der Waals surface area contributed by atoms with Gasteiger partial charge in [-0.2, -0.15) is 0 Å². The van der Waals surface area contributed by atoms with Gasteiger partial charge in [-0.25, -0.2) is 0 Å². The van der Waals surface area contributed by atoms with E-state index in [1.165, 1.54) is 38.5 Å². The zero-order valence-corrected chi connectivity index (χ0v) is 10.4. The molecule has 0 saturated heterocycles. The van der Waals surface area contributed by atoms with Crippen LogP contribution in [0.3, 0.4) is 0 Å². The number of hydrogen-bond donors (Lipinski definition) is 0. The number of unbranched alkanes of at least 4 members (excludes halogenated alkanes) is 2. The average molecular weight is 194 g/mol. The predicted octanol–water partition coefficient (Wildman–Crippen LogP) is 4.95. The van der Waals surface area contributed by atoms with Crippen molar-refractivity contribution in [1.82, 2.24) is 0 Å². The molecule has 0 aromatic rings. The van der Waals surface area contributed by atoms with Gasteiger partial charge in [0.1, 0.15) is 0 Å². The summed E-state index contributed by atoms with van der Waals surface area (Å²) in [6, 6.07) is 0. The second-order valence-corrected chi connectivity index (χ2v) is 5.08. The van der Waals surface area contributed by atoms with E-state index in [1.807, 2.05) is 0 Å². The van der Waals surface area contributed by atoms with E-state index in [0.717, 1.165) is 11.8 Å². The van der Waals surface area contributed by atoms with E-state index in [9.17, 15) is 0 Å². The van der Waals surface area contributed by atoms with Gasteiger partial charge in [-0.3, -0.25) is 0 Å². The topological polar surface area (TPSA) is 0 Å². The quantitative estimate of drug-likeness (QED) is 0.439. The molecule has 0 spiro atoms. The molecule has 0 aromatic heterocycles. The zero-order chi connectivity index (χ0) is 10.6. The molecule has 0 N–H and O–H groups in total. The van der Waals surface area contributed by atoms with Crippen molar-refractivity contribution < 1.29 is 0 Å². The maximum atomic E-state index is 2.44. The smallest absolute Gasteiger partial charge is 0.0178 e. The van der Waals surface area contributed by atoms with Crippen LogP contribution >= 0.6 is 0 Å². The van der Waals surface area contributed by atoms with Crippen LogP contribution in [0.25, 0.3) is 0 Å². The van der Waals surface area contributed by atoms with Gasteiger partial charge < -0.3 is 0 Å². The summed E-state index contributed by atoms with van der Waals surface area (Å²) in [4.78, 5) is 0. The molecule has 82 valence electrons. The summed E-state index contributed by atoms with van der Waals surface area (Å²) in [5.74, 6) is 1.82. The van der Waals surface area contributed by atoms with E-state index in [1.54, 1.807) is 11.1 Å². The molecule has 1 aliphatic rings. The summed E-state index contributed by atoms with van der Waals surface area (Å²) in [7, 11) is 0. The van der Waals surface area contributed by atoms with E-state index in [4.69, 9.17) is 0 Å². The number of allylic oxidation sites excluding steroid dienone is 2. The third-order valence-electron chi connectivity index (χ3n) is 4.01. The van der Waals surface area contributed by atoms with E-state index < -0.39 is 0 Å². The number of rotatable bonds is 4. The summed E-state index contributed by atoms with van der Waals surface area (Å²) in [6.07, 6.45) is 8.38. The van der Waals surface area contributed by atoms with Crippen LogP contribution in [0.15, 0.2) is 11.1 Å². The Kier molecular flexibility index (Phi) is 4.71. The molecule has 0 aromatic carbocycles. The predicted molar refractivity (Wildman–Crippen MR) is 64.4 cm³/mol. The van der Waals surface area contributed by atoms with Gasteiger partial charge in [-0.1, -0.05) is 44.3 Å². The van der Waals surface area contributed by atoms with Crippen LogP contribution in [0.5, 0.6) is 0 Å². The van der Waals surface area contributed by atoms with Crippen molar-refractivity contribution >= 4 is 0 Å². The molecule has 0 amide bonds. The largest absolute Gasteiger partial charge is 0.0741 e. The summed E-state index contributed by atoms with van der Waals surface area (Å²) in [6.45, 7) is 9.42. The summed E-state index contributed by atoms with van der Waals surface area (Å²) >= 11 is 0. The van der Waals surface area contributed by atoms with Crippen molar-refractivity contribution in [3.63, 3.8) is 0 Å². The molecular formula is C14H26. The second-order valence-electron chi connectivity index (χ2n) is 5.08. The first-order valence-corrected chi connectivity index (χ1v) is 6.33. The minimum atomic E-state index is 0.898. The fourth-order valence-electron chi connectivity index (χ4n) is 2.70. The highest BCUT2D eigenvalue weighted by Gasteiger charge is 2.23. The first kappa shape index (κ1) is 11.8. The summed E-state index contributed by atoms with van der Waals surface area (Å²) in [5.41, 5.74) is 3.38. The maximum absolute atomic E-state index is 2.44. The van der Waals surface area contributed by atoms with Gasteiger partial charge in [0.25, 0.3) is 0 Å². The van der Waals surface area contributed by atoms with Crippen LogP contribution < -0.4 is 0 Å². The Balaban J connectivity index is 2.50. The Morgan fingerprint density at radius 1 is 1.21 bits per heavy atom. The van der Waals surface area contributed by atoms with E-state index in [-0.39, 0.29) is 0 Å². The van der Waals surface area contributed by atoms with Gasteiger partial charge in [0, 0.05) is 0 Å². The van der Waals surface area contributed by atoms with Gasteiger partial charge in [0.15, 0.2) is 0 Å². The molecule has 0 aliphatic heterocycles. The lowest BCUT2D eigenvalue weighted by Gasteiger charge is -2.31. The normalized spacial score (nSPS) is 28.3. The number of hydrogen-bond acceptors (Lipinski definition) is 0. The highest BCUT2D eigenvalue weighted by Crippen LogP contribution is 2.37. The van der Waals surface area contributed by atoms with E-state index >= 15 is 0 Å². The Labute approximate surface area is 89.8 Å². The van der Waals surface area contributed by atoms with Gasteiger partial charge >= 0.3 is 0 Å². The molecular weight excluding hydrogens is 168 g/mol. The van der Waals surface area contributed by atoms with Gasteiger partial charge in [-0.15, -0.1) is 0 Å². The molecule has 2 atom stereocenters. The first-order valence-electron chi connectivity index (χ1n) is 6.33. The van der Waals surface area contributed by atoms with Gasteiger partial charge in [-0.05, 0) is 44.9 Å². The third kappa shape index (κ3) is 2.87. The monoisotopic (exact) mass is 194 g/mol. The summed E-state index contributed by atoms with van der Waals surface area (Å²) in [5, 5.41) is 0. The van der Waals surface area contributed by atoms with Crippen molar-refractivity contribution in [1.29, 1.82) is 0 Å². The van der Waals surface area contributed by atoms with Gasteiger partial charge in [0.2, 0.25) is 0 Å². The van der Waals surface area contributed by atoms with Crippen LogP contribution in [0, 0.1) is 11.8 Å².